The Balaban J connectivity index is 1.24. The van der Waals surface area contributed by atoms with Crippen LogP contribution in [0.2, 0.25) is 0 Å². The van der Waals surface area contributed by atoms with Gasteiger partial charge in [0.2, 0.25) is 0 Å². The third-order valence-electron chi connectivity index (χ3n) is 9.09. The molecule has 302 valence electrons. The van der Waals surface area contributed by atoms with Gasteiger partial charge in [-0.15, -0.1) is 22.7 Å². The predicted octanol–water partition coefficient (Wildman–Crippen LogP) is 12.2. The van der Waals surface area contributed by atoms with Crippen LogP contribution < -0.4 is 0 Å². The maximum Gasteiger partial charge on any atom is 0.520 e. The minimum atomic E-state index is -3.41. The number of fused-ring (bicyclic) bond motifs is 2. The number of para-hydroxylation sites is 2. The van der Waals surface area contributed by atoms with Gasteiger partial charge in [-0.1, -0.05) is 94.5 Å². The van der Waals surface area contributed by atoms with E-state index in [9.17, 15) is 0 Å². The van der Waals surface area contributed by atoms with E-state index >= 15 is 0 Å². The summed E-state index contributed by atoms with van der Waals surface area (Å²) in [6.45, 7) is 14.9. The van der Waals surface area contributed by atoms with E-state index in [1.54, 1.807) is 83.6 Å². The van der Waals surface area contributed by atoms with Crippen molar-refractivity contribution in [3.05, 3.63) is 107 Å². The van der Waals surface area contributed by atoms with Crippen molar-refractivity contribution in [3.8, 4) is 0 Å². The third-order valence-corrected chi connectivity index (χ3v) is 31.1. The molecule has 6 rings (SSSR count). The molecule has 2 aliphatic carbocycles. The molecule has 0 saturated carbocycles. The molecule has 2 aromatic heterocycles. The van der Waals surface area contributed by atoms with Gasteiger partial charge in [-0.05, 0) is 105 Å². The van der Waals surface area contributed by atoms with E-state index in [0.717, 1.165) is 30.4 Å². The van der Waals surface area contributed by atoms with Crippen LogP contribution in [0, 0.1) is 0 Å². The summed E-state index contributed by atoms with van der Waals surface area (Å²) in [4.78, 5) is 10.5. The van der Waals surface area contributed by atoms with Crippen LogP contribution in [0.3, 0.4) is 0 Å². The minimum absolute atomic E-state index is 0.0616. The topological polar surface area (TPSA) is 81.2 Å². The Morgan fingerprint density at radius 3 is 1.21 bits per heavy atom. The van der Waals surface area contributed by atoms with Crippen molar-refractivity contribution in [2.75, 3.05) is 39.6 Å². The number of nitrogens with zero attached hydrogens (tertiary/aromatic N) is 2. The number of hydrogen-bond donors (Lipinski definition) is 0. The molecule has 0 fully saturated rings. The second kappa shape index (κ2) is 21.3. The zero-order chi connectivity index (χ0) is 39.5. The van der Waals surface area contributed by atoms with Crippen molar-refractivity contribution in [1.82, 2.24) is 9.97 Å². The van der Waals surface area contributed by atoms with Gasteiger partial charge >= 0.3 is 17.6 Å². The minimum Gasteiger partial charge on any atom is -0.373 e. The van der Waals surface area contributed by atoms with E-state index in [4.69, 9.17) is 36.5 Å². The molecule has 18 heteroatoms. The molecule has 2 aliphatic rings. The van der Waals surface area contributed by atoms with E-state index in [-0.39, 0.29) is 10.5 Å². The summed E-state index contributed by atoms with van der Waals surface area (Å²) in [5.41, 5.74) is 1.94. The summed E-state index contributed by atoms with van der Waals surface area (Å²) in [6.07, 6.45) is 17.4. The van der Waals surface area contributed by atoms with Crippen LogP contribution in [0.15, 0.2) is 97.1 Å². The quantitative estimate of drug-likeness (QED) is 0.0402. The Bertz CT molecular complexity index is 1760. The molecular weight excluding hydrogens is 893 g/mol. The number of aromatic nitrogens is 2. The lowest BCUT2D eigenvalue weighted by Gasteiger charge is -2.46. The van der Waals surface area contributed by atoms with Crippen molar-refractivity contribution in [2.24, 2.45) is 0 Å². The average Bonchev–Trinajstić information content (AvgIpc) is 3.85. The SMILES string of the molecule is CCO[Si](OCC)(OCC)C1(c2nc3ccccc3s2)C=CC=CC1SSSSSSC1C=CC=CC1(c1nc2ccccc2s1)[Si](OCC)(OCC)OCC. The Hall–Kier alpha value is -0.526. The Labute approximate surface area is 363 Å². The van der Waals surface area contributed by atoms with Crippen LogP contribution in [0.5, 0.6) is 0 Å². The summed E-state index contributed by atoms with van der Waals surface area (Å²) in [5.74, 6) is 0. The highest BCUT2D eigenvalue weighted by Crippen LogP contribution is 2.61. The van der Waals surface area contributed by atoms with E-state index in [2.05, 4.69) is 85.0 Å². The summed E-state index contributed by atoms with van der Waals surface area (Å²) in [6, 6.07) is 16.6. The van der Waals surface area contributed by atoms with Gasteiger partial charge in [-0.25, -0.2) is 9.97 Å². The molecule has 56 heavy (non-hydrogen) atoms. The zero-order valence-electron chi connectivity index (χ0n) is 32.2. The molecule has 0 saturated heterocycles. The molecule has 4 atom stereocenters. The highest BCUT2D eigenvalue weighted by molar-refractivity contribution is 9.41. The predicted molar refractivity (Wildman–Crippen MR) is 254 cm³/mol. The molecule has 0 radical (unpaired) electrons. The van der Waals surface area contributed by atoms with Gasteiger partial charge in [-0.2, -0.15) is 0 Å². The normalized spacial score (nSPS) is 22.5. The summed E-state index contributed by atoms with van der Waals surface area (Å²) < 4.78 is 42.4. The fourth-order valence-corrected chi connectivity index (χ4v) is 31.0. The number of thiazole rings is 2. The van der Waals surface area contributed by atoms with Crippen molar-refractivity contribution in [3.63, 3.8) is 0 Å². The van der Waals surface area contributed by atoms with Gasteiger partial charge < -0.3 is 26.6 Å². The summed E-state index contributed by atoms with van der Waals surface area (Å²) >= 11 is 3.40. The Morgan fingerprint density at radius 2 is 0.875 bits per heavy atom. The zero-order valence-corrected chi connectivity index (χ0v) is 40.8. The molecule has 2 aromatic carbocycles. The van der Waals surface area contributed by atoms with E-state index in [1.807, 2.05) is 53.7 Å². The molecule has 8 nitrogen and oxygen atoms in total. The lowest BCUT2D eigenvalue weighted by molar-refractivity contribution is 0.0512. The molecule has 0 aliphatic heterocycles. The molecule has 0 amide bonds. The van der Waals surface area contributed by atoms with Crippen LogP contribution in [-0.4, -0.2) is 77.7 Å². The van der Waals surface area contributed by atoms with Crippen LogP contribution in [0.1, 0.15) is 51.6 Å². The molecular formula is C38H48N2O6S8Si2. The van der Waals surface area contributed by atoms with Crippen molar-refractivity contribution in [2.45, 2.75) is 62.1 Å². The first-order valence-corrected chi connectivity index (χ1v) is 31.4. The maximum absolute atomic E-state index is 6.69. The number of allylic oxidation sites excluding steroid dienone is 6. The van der Waals surface area contributed by atoms with Gasteiger partial charge in [0.25, 0.3) is 0 Å². The van der Waals surface area contributed by atoms with Crippen molar-refractivity contribution < 1.29 is 26.6 Å². The lowest BCUT2D eigenvalue weighted by atomic mass is 9.99. The van der Waals surface area contributed by atoms with E-state index < -0.39 is 27.7 Å². The first-order chi connectivity index (χ1) is 27.4. The van der Waals surface area contributed by atoms with Crippen molar-refractivity contribution >= 4 is 122 Å². The molecule has 0 spiro atoms. The third kappa shape index (κ3) is 8.92. The summed E-state index contributed by atoms with van der Waals surface area (Å²) in [7, 11) is 3.76. The fourth-order valence-electron chi connectivity index (χ4n) is 7.00. The highest BCUT2D eigenvalue weighted by atomic mass is 33.9. The maximum atomic E-state index is 6.69. The lowest BCUT2D eigenvalue weighted by Crippen LogP contribution is -2.66. The average molecular weight is 942 g/mol. The Kier molecular flexibility index (Phi) is 17.1. The van der Waals surface area contributed by atoms with Gasteiger partial charge in [0.1, 0.15) is 20.1 Å². The van der Waals surface area contributed by atoms with E-state index in [1.165, 1.54) is 0 Å². The number of benzene rings is 2. The number of rotatable bonds is 23. The van der Waals surface area contributed by atoms with Gasteiger partial charge in [0, 0.05) is 39.6 Å². The standard InChI is InChI=1S/C38H48N2O6S8Si2/c1-7-41-55(42-8-2,43-9-3)37(35-39-29-21-13-15-23-31(29)47-35)27-19-17-25-33(37)49-51-53-54-52-50-34-26-18-20-28-38(34,56(44-10-4,45-11-5)46-12-6)36-40-30-22-14-16-24-32(30)48-36/h13-28,33-34H,7-12H2,1-6H3. The van der Waals surface area contributed by atoms with Gasteiger partial charge in [0.05, 0.1) is 30.9 Å². The first-order valence-electron chi connectivity index (χ1n) is 18.7. The van der Waals surface area contributed by atoms with Gasteiger partial charge in [-0.3, -0.25) is 0 Å². The van der Waals surface area contributed by atoms with Crippen LogP contribution in [0.25, 0.3) is 20.4 Å². The fraction of sp³-hybridized carbons (Fsp3) is 0.421. The largest absolute Gasteiger partial charge is 0.520 e. The molecule has 0 bridgehead atoms. The monoisotopic (exact) mass is 940 g/mol. The second-order valence-corrected chi connectivity index (χ2v) is 29.5. The molecule has 4 aromatic rings. The number of hydrogen-bond acceptors (Lipinski definition) is 16. The molecule has 0 N–H and O–H groups in total. The van der Waals surface area contributed by atoms with E-state index in [0.29, 0.717) is 39.6 Å². The van der Waals surface area contributed by atoms with Gasteiger partial charge in [0.15, 0.2) is 0 Å². The second-order valence-electron chi connectivity index (χ2n) is 12.2. The molecule has 4 unspecified atom stereocenters. The molecule has 2 heterocycles. The van der Waals surface area contributed by atoms with Crippen LogP contribution in [0.4, 0.5) is 0 Å². The summed E-state index contributed by atoms with van der Waals surface area (Å²) in [5, 5.41) is 0.342. The highest BCUT2D eigenvalue weighted by Gasteiger charge is 2.68. The smallest absolute Gasteiger partial charge is 0.373 e. The van der Waals surface area contributed by atoms with Crippen LogP contribution in [-0.2, 0) is 36.6 Å². The van der Waals surface area contributed by atoms with Crippen molar-refractivity contribution in [1.29, 1.82) is 0 Å². The van der Waals surface area contributed by atoms with Crippen LogP contribution >= 0.6 is 83.6 Å². The first kappa shape index (κ1) is 45.0. The Morgan fingerprint density at radius 1 is 0.518 bits per heavy atom.